The van der Waals surface area contributed by atoms with Gasteiger partial charge in [-0.25, -0.2) is 0 Å². The van der Waals surface area contributed by atoms with Gasteiger partial charge in [-0.1, -0.05) is 78.9 Å². The summed E-state index contributed by atoms with van der Waals surface area (Å²) in [7, 11) is 3.53. The summed E-state index contributed by atoms with van der Waals surface area (Å²) in [4.78, 5) is 31.1. The fourth-order valence-corrected chi connectivity index (χ4v) is 5.29. The molecule has 0 heterocycles. The van der Waals surface area contributed by atoms with Crippen molar-refractivity contribution in [2.75, 3.05) is 20.6 Å². The lowest BCUT2D eigenvalue weighted by Crippen LogP contribution is -2.55. The van der Waals surface area contributed by atoms with Crippen molar-refractivity contribution in [2.24, 2.45) is 5.73 Å². The van der Waals surface area contributed by atoms with Crippen LogP contribution in [-0.2, 0) is 22.4 Å². The van der Waals surface area contributed by atoms with Gasteiger partial charge in [-0.05, 0) is 79.7 Å². The van der Waals surface area contributed by atoms with Crippen LogP contribution in [0.3, 0.4) is 0 Å². The number of carbonyl (C=O) groups excluding carboxylic acids is 2. The molecule has 1 aliphatic rings. The summed E-state index contributed by atoms with van der Waals surface area (Å²) in [6, 6.07) is 24.0. The van der Waals surface area contributed by atoms with Gasteiger partial charge in [0.05, 0.1) is 6.04 Å². The lowest BCUT2D eigenvalue weighted by atomic mass is 9.98. The highest BCUT2D eigenvalue weighted by atomic mass is 32.1. The second-order valence-electron chi connectivity index (χ2n) is 12.4. The van der Waals surface area contributed by atoms with Crippen LogP contribution in [0.5, 0.6) is 0 Å². The first-order valence-electron chi connectivity index (χ1n) is 15.0. The summed E-state index contributed by atoms with van der Waals surface area (Å²) in [5.74, 6) is -0.357. The van der Waals surface area contributed by atoms with E-state index in [-0.39, 0.29) is 17.9 Å². The Morgan fingerprint density at radius 1 is 0.953 bits per heavy atom. The number of carbonyl (C=O) groups is 2. The molecule has 3 aromatic carbocycles. The Bertz CT molecular complexity index is 1430. The maximum Gasteiger partial charge on any atom is 0.246 e. The summed E-state index contributed by atoms with van der Waals surface area (Å²) >= 11 is 5.53. The van der Waals surface area contributed by atoms with Crippen LogP contribution < -0.4 is 16.4 Å². The number of nitrogens with zero attached hydrogens (tertiary/aromatic N) is 2. The normalized spacial score (nSPS) is 14.7. The van der Waals surface area contributed by atoms with Crippen molar-refractivity contribution < 1.29 is 9.59 Å². The second kappa shape index (κ2) is 14.6. The van der Waals surface area contributed by atoms with Gasteiger partial charge in [0.25, 0.3) is 0 Å². The summed E-state index contributed by atoms with van der Waals surface area (Å²) in [5.41, 5.74) is 7.80. The topological polar surface area (TPSA) is 90.7 Å². The average molecular weight is 600 g/mol. The van der Waals surface area contributed by atoms with E-state index in [4.69, 9.17) is 18.0 Å². The predicted molar refractivity (Wildman–Crippen MR) is 180 cm³/mol. The van der Waals surface area contributed by atoms with Crippen LogP contribution >= 0.6 is 12.2 Å². The minimum absolute atomic E-state index is 0.125. The van der Waals surface area contributed by atoms with E-state index in [0.29, 0.717) is 37.0 Å². The van der Waals surface area contributed by atoms with E-state index in [1.807, 2.05) is 57.3 Å². The quantitative estimate of drug-likeness (QED) is 0.197. The Kier molecular flexibility index (Phi) is 10.9. The fraction of sp³-hybridized carbons (Fsp3) is 0.400. The molecule has 8 heteroatoms. The van der Waals surface area contributed by atoms with E-state index < -0.39 is 11.6 Å². The Morgan fingerprint density at radius 2 is 1.63 bits per heavy atom. The number of hydrogen-bond acceptors (Lipinski definition) is 4. The number of nitrogens with one attached hydrogen (secondary N) is 2. The first kappa shape index (κ1) is 32.2. The number of nitrogens with two attached hydrogens (primary N) is 1. The van der Waals surface area contributed by atoms with Crippen LogP contribution in [0.15, 0.2) is 84.9 Å². The first-order chi connectivity index (χ1) is 20.5. The van der Waals surface area contributed by atoms with E-state index >= 15 is 0 Å². The molecule has 1 aliphatic carbocycles. The summed E-state index contributed by atoms with van der Waals surface area (Å²) in [5, 5.41) is 9.49. The molecule has 0 aromatic heterocycles. The van der Waals surface area contributed by atoms with Gasteiger partial charge in [0, 0.05) is 38.6 Å². The number of thiocarbonyl (C=S) groups is 1. The van der Waals surface area contributed by atoms with Crippen LogP contribution in [0.25, 0.3) is 10.8 Å². The molecule has 7 nitrogen and oxygen atoms in total. The van der Waals surface area contributed by atoms with Crippen LogP contribution in [0.1, 0.15) is 44.2 Å². The third-order valence-electron chi connectivity index (χ3n) is 7.87. The highest BCUT2D eigenvalue weighted by Gasteiger charge is 2.32. The van der Waals surface area contributed by atoms with Crippen molar-refractivity contribution >= 4 is 39.9 Å². The molecule has 1 saturated carbocycles. The third-order valence-corrected chi connectivity index (χ3v) is 8.13. The smallest absolute Gasteiger partial charge is 0.246 e. The SMILES string of the molecule is CN(C(=O)[C@@H](Cc1ccc2ccccc2c1)N(C)C(=O)C=CCC(C)(C)N)[C@@H](CNC(=S)NC1CC1)Cc1ccccc1. The van der Waals surface area contributed by atoms with E-state index in [1.54, 1.807) is 22.9 Å². The molecular formula is C35H45N5O2S. The van der Waals surface area contributed by atoms with E-state index in [9.17, 15) is 9.59 Å². The highest BCUT2D eigenvalue weighted by molar-refractivity contribution is 7.80. The minimum Gasteiger partial charge on any atom is -0.361 e. The molecule has 0 unspecified atom stereocenters. The molecular weight excluding hydrogens is 554 g/mol. The highest BCUT2D eigenvalue weighted by Crippen LogP contribution is 2.21. The van der Waals surface area contributed by atoms with Crippen molar-refractivity contribution in [2.45, 2.75) is 69.6 Å². The lowest BCUT2D eigenvalue weighted by Gasteiger charge is -2.35. The molecule has 43 heavy (non-hydrogen) atoms. The van der Waals surface area contributed by atoms with Crippen molar-refractivity contribution in [3.05, 3.63) is 96.1 Å². The van der Waals surface area contributed by atoms with E-state index in [2.05, 4.69) is 47.0 Å². The molecule has 2 amide bonds. The van der Waals surface area contributed by atoms with Crippen LogP contribution in [0.4, 0.5) is 0 Å². The molecule has 0 spiro atoms. The number of rotatable bonds is 13. The van der Waals surface area contributed by atoms with E-state index in [1.165, 1.54) is 6.08 Å². The molecule has 0 aliphatic heterocycles. The summed E-state index contributed by atoms with van der Waals surface area (Å²) in [6.45, 7) is 4.32. The number of likely N-dealkylation sites (N-methyl/N-ethyl adjacent to an activating group) is 2. The predicted octanol–water partition coefficient (Wildman–Crippen LogP) is 4.59. The zero-order chi connectivity index (χ0) is 31.0. The fourth-order valence-electron chi connectivity index (χ4n) is 5.04. The largest absolute Gasteiger partial charge is 0.361 e. The maximum atomic E-state index is 14.4. The maximum absolute atomic E-state index is 14.4. The monoisotopic (exact) mass is 599 g/mol. The molecule has 3 aromatic rings. The third kappa shape index (κ3) is 9.90. The lowest BCUT2D eigenvalue weighted by molar-refractivity contribution is -0.142. The first-order valence-corrected chi connectivity index (χ1v) is 15.5. The average Bonchev–Trinajstić information content (AvgIpc) is 3.80. The zero-order valence-corrected chi connectivity index (χ0v) is 26.6. The van der Waals surface area contributed by atoms with Crippen LogP contribution in [0, 0.1) is 0 Å². The van der Waals surface area contributed by atoms with Crippen molar-refractivity contribution in [3.63, 3.8) is 0 Å². The molecule has 0 bridgehead atoms. The minimum atomic E-state index is -0.705. The number of benzene rings is 3. The molecule has 0 saturated heterocycles. The standard InChI is InChI=1S/C35H45N5O2S/c1-35(2,36)20-10-15-32(41)40(4)31(23-26-16-17-27-13-8-9-14-28(27)21-26)33(42)39(3)30(22-25-11-6-5-7-12-25)24-37-34(43)38-29-18-19-29/h5-17,21,29-31H,18-20,22-24,36H2,1-4H3,(H2,37,38,43)/t30-,31-/m1/s1. The van der Waals surface area contributed by atoms with Crippen molar-refractivity contribution in [1.82, 2.24) is 20.4 Å². The van der Waals surface area contributed by atoms with Gasteiger partial charge in [0.15, 0.2) is 5.11 Å². The number of hydrogen-bond donors (Lipinski definition) is 3. The molecule has 4 N–H and O–H groups in total. The van der Waals surface area contributed by atoms with Gasteiger partial charge in [-0.3, -0.25) is 9.59 Å². The van der Waals surface area contributed by atoms with Gasteiger partial charge in [0.2, 0.25) is 11.8 Å². The Hall–Kier alpha value is -3.75. The van der Waals surface area contributed by atoms with Crippen LogP contribution in [0.2, 0.25) is 0 Å². The van der Waals surface area contributed by atoms with Gasteiger partial charge in [-0.2, -0.15) is 0 Å². The van der Waals surface area contributed by atoms with Gasteiger partial charge in [-0.15, -0.1) is 0 Å². The molecule has 2 atom stereocenters. The Morgan fingerprint density at radius 3 is 2.30 bits per heavy atom. The van der Waals surface area contributed by atoms with Crippen LogP contribution in [-0.4, -0.2) is 71.0 Å². The molecule has 4 rings (SSSR count). The summed E-state index contributed by atoms with van der Waals surface area (Å²) < 4.78 is 0. The zero-order valence-electron chi connectivity index (χ0n) is 25.8. The number of fused-ring (bicyclic) bond motifs is 1. The van der Waals surface area contributed by atoms with Gasteiger partial charge in [0.1, 0.15) is 6.04 Å². The Labute approximate surface area is 261 Å². The molecule has 1 fully saturated rings. The summed E-state index contributed by atoms with van der Waals surface area (Å²) in [6.07, 6.45) is 7.16. The molecule has 0 radical (unpaired) electrons. The second-order valence-corrected chi connectivity index (χ2v) is 12.8. The van der Waals surface area contributed by atoms with Crippen molar-refractivity contribution in [1.29, 1.82) is 0 Å². The van der Waals surface area contributed by atoms with Crippen molar-refractivity contribution in [3.8, 4) is 0 Å². The van der Waals surface area contributed by atoms with Gasteiger partial charge < -0.3 is 26.2 Å². The number of amides is 2. The Balaban J connectivity index is 1.59. The van der Waals surface area contributed by atoms with Gasteiger partial charge >= 0.3 is 0 Å². The molecule has 228 valence electrons. The van der Waals surface area contributed by atoms with E-state index in [0.717, 1.165) is 34.7 Å².